The van der Waals surface area contributed by atoms with Crippen molar-refractivity contribution in [2.24, 2.45) is 10.8 Å². The predicted molar refractivity (Wildman–Crippen MR) is 91.3 cm³/mol. The molecule has 1 aliphatic carbocycles. The van der Waals surface area contributed by atoms with E-state index in [4.69, 9.17) is 4.42 Å². The number of para-hydroxylation sites is 1. The molecular formula is C19H26N2O2. The van der Waals surface area contributed by atoms with E-state index in [9.17, 15) is 4.79 Å². The van der Waals surface area contributed by atoms with Crippen LogP contribution in [0.4, 0.5) is 0 Å². The van der Waals surface area contributed by atoms with E-state index < -0.39 is 0 Å². The lowest BCUT2D eigenvalue weighted by Crippen LogP contribution is -2.46. The fourth-order valence-electron chi connectivity index (χ4n) is 4.33. The topological polar surface area (TPSA) is 55.1 Å². The van der Waals surface area contributed by atoms with Crippen LogP contribution in [-0.2, 0) is 0 Å². The Balaban J connectivity index is 1.81. The summed E-state index contributed by atoms with van der Waals surface area (Å²) >= 11 is 0. The normalized spacial score (nSPS) is 27.0. The fourth-order valence-corrected chi connectivity index (χ4v) is 4.33. The van der Waals surface area contributed by atoms with Crippen molar-refractivity contribution < 1.29 is 9.21 Å². The van der Waals surface area contributed by atoms with Gasteiger partial charge in [-0.15, -0.1) is 0 Å². The number of carbonyl (C=O) groups excluding carboxylic acids is 1. The molecule has 1 fully saturated rings. The van der Waals surface area contributed by atoms with Crippen LogP contribution in [0, 0.1) is 10.8 Å². The Morgan fingerprint density at radius 2 is 2.13 bits per heavy atom. The van der Waals surface area contributed by atoms with Gasteiger partial charge in [-0.05, 0) is 42.2 Å². The summed E-state index contributed by atoms with van der Waals surface area (Å²) in [4.78, 5) is 16.9. The van der Waals surface area contributed by atoms with Gasteiger partial charge in [0.15, 0.2) is 12.0 Å². The first-order valence-corrected chi connectivity index (χ1v) is 8.45. The zero-order chi connectivity index (χ0) is 16.7. The van der Waals surface area contributed by atoms with Gasteiger partial charge in [-0.25, -0.2) is 4.98 Å². The van der Waals surface area contributed by atoms with E-state index in [1.165, 1.54) is 12.8 Å². The largest absolute Gasteiger partial charge is 0.443 e. The maximum Gasteiger partial charge on any atom is 0.255 e. The highest BCUT2D eigenvalue weighted by Gasteiger charge is 2.40. The molecule has 1 heterocycles. The summed E-state index contributed by atoms with van der Waals surface area (Å²) in [7, 11) is 0. The van der Waals surface area contributed by atoms with E-state index in [-0.39, 0.29) is 22.8 Å². The average Bonchev–Trinajstić information content (AvgIpc) is 2.93. The van der Waals surface area contributed by atoms with Crippen molar-refractivity contribution in [3.8, 4) is 0 Å². The molecule has 1 amide bonds. The van der Waals surface area contributed by atoms with Crippen LogP contribution in [0.5, 0.6) is 0 Å². The molecule has 23 heavy (non-hydrogen) atoms. The summed E-state index contributed by atoms with van der Waals surface area (Å²) in [6.45, 7) is 9.19. The lowest BCUT2D eigenvalue weighted by molar-refractivity contribution is 0.0608. The van der Waals surface area contributed by atoms with Gasteiger partial charge in [0.05, 0.1) is 5.56 Å². The van der Waals surface area contributed by atoms with E-state index in [0.29, 0.717) is 11.1 Å². The van der Waals surface area contributed by atoms with Crippen molar-refractivity contribution in [2.75, 3.05) is 0 Å². The Morgan fingerprint density at radius 3 is 2.87 bits per heavy atom. The molecule has 0 bridgehead atoms. The van der Waals surface area contributed by atoms with Crippen LogP contribution in [0.15, 0.2) is 29.0 Å². The molecule has 1 aromatic carbocycles. The molecule has 2 aromatic rings. The van der Waals surface area contributed by atoms with Crippen molar-refractivity contribution >= 4 is 17.0 Å². The van der Waals surface area contributed by atoms with Gasteiger partial charge in [-0.1, -0.05) is 40.2 Å². The maximum atomic E-state index is 12.7. The minimum atomic E-state index is -0.0616. The number of hydrogen-bond donors (Lipinski definition) is 1. The Kier molecular flexibility index (Phi) is 3.95. The molecule has 0 aliphatic heterocycles. The van der Waals surface area contributed by atoms with Crippen LogP contribution in [0.3, 0.4) is 0 Å². The molecule has 0 saturated heterocycles. The van der Waals surface area contributed by atoms with Crippen LogP contribution in [0.1, 0.15) is 63.7 Å². The molecule has 3 rings (SSSR count). The van der Waals surface area contributed by atoms with Gasteiger partial charge in [0, 0.05) is 6.04 Å². The number of aromatic nitrogens is 1. The molecular weight excluding hydrogens is 288 g/mol. The third-order valence-electron chi connectivity index (χ3n) is 5.23. The summed E-state index contributed by atoms with van der Waals surface area (Å²) in [5.41, 5.74) is 2.40. The third kappa shape index (κ3) is 3.26. The van der Waals surface area contributed by atoms with Crippen molar-refractivity contribution in [1.82, 2.24) is 10.3 Å². The summed E-state index contributed by atoms with van der Waals surface area (Å²) < 4.78 is 5.39. The highest BCUT2D eigenvalue weighted by molar-refractivity contribution is 6.04. The van der Waals surface area contributed by atoms with Gasteiger partial charge in [-0.3, -0.25) is 4.79 Å². The SMILES string of the molecule is CCC1(C)CC(NC(=O)c2cccc3ncoc23)CC(C)(C)C1. The highest BCUT2D eigenvalue weighted by Crippen LogP contribution is 2.47. The van der Waals surface area contributed by atoms with E-state index >= 15 is 0 Å². The number of rotatable bonds is 3. The number of amides is 1. The quantitative estimate of drug-likeness (QED) is 0.904. The first kappa shape index (κ1) is 16.0. The Hall–Kier alpha value is -1.84. The molecule has 1 saturated carbocycles. The van der Waals surface area contributed by atoms with Crippen molar-refractivity contribution in [1.29, 1.82) is 0 Å². The molecule has 1 aliphatic rings. The number of carbonyl (C=O) groups is 1. The molecule has 2 atom stereocenters. The van der Waals surface area contributed by atoms with Crippen LogP contribution >= 0.6 is 0 Å². The summed E-state index contributed by atoms with van der Waals surface area (Å²) in [6, 6.07) is 5.71. The molecule has 0 radical (unpaired) electrons. The predicted octanol–water partition coefficient (Wildman–Crippen LogP) is 4.55. The molecule has 1 N–H and O–H groups in total. The summed E-state index contributed by atoms with van der Waals surface area (Å²) in [5, 5.41) is 3.24. The van der Waals surface area contributed by atoms with Crippen LogP contribution in [-0.4, -0.2) is 16.9 Å². The van der Waals surface area contributed by atoms with Gasteiger partial charge >= 0.3 is 0 Å². The minimum absolute atomic E-state index is 0.0616. The minimum Gasteiger partial charge on any atom is -0.443 e. The van der Waals surface area contributed by atoms with Crippen LogP contribution in [0.25, 0.3) is 11.1 Å². The lowest BCUT2D eigenvalue weighted by Gasteiger charge is -2.46. The van der Waals surface area contributed by atoms with Gasteiger partial charge < -0.3 is 9.73 Å². The lowest BCUT2D eigenvalue weighted by atomic mass is 9.61. The molecule has 2 unspecified atom stereocenters. The highest BCUT2D eigenvalue weighted by atomic mass is 16.3. The smallest absolute Gasteiger partial charge is 0.255 e. The second-order valence-corrected chi connectivity index (χ2v) is 8.09. The number of nitrogens with one attached hydrogen (secondary N) is 1. The molecule has 124 valence electrons. The first-order valence-electron chi connectivity index (χ1n) is 8.45. The zero-order valence-corrected chi connectivity index (χ0v) is 14.5. The Bertz CT molecular complexity index is 719. The van der Waals surface area contributed by atoms with Crippen molar-refractivity contribution in [3.05, 3.63) is 30.2 Å². The Morgan fingerprint density at radius 1 is 1.35 bits per heavy atom. The van der Waals surface area contributed by atoms with E-state index in [2.05, 4.69) is 38.0 Å². The maximum absolute atomic E-state index is 12.7. The monoisotopic (exact) mass is 314 g/mol. The number of nitrogens with zero attached hydrogens (tertiary/aromatic N) is 1. The molecule has 4 nitrogen and oxygen atoms in total. The summed E-state index contributed by atoms with van der Waals surface area (Å²) in [5.74, 6) is -0.0616. The van der Waals surface area contributed by atoms with E-state index in [0.717, 1.165) is 24.8 Å². The van der Waals surface area contributed by atoms with Gasteiger partial charge in [0.1, 0.15) is 5.52 Å². The third-order valence-corrected chi connectivity index (χ3v) is 5.23. The second-order valence-electron chi connectivity index (χ2n) is 8.09. The zero-order valence-electron chi connectivity index (χ0n) is 14.5. The molecule has 4 heteroatoms. The molecule has 0 spiro atoms. The number of benzene rings is 1. The van der Waals surface area contributed by atoms with Crippen molar-refractivity contribution in [3.63, 3.8) is 0 Å². The first-order chi connectivity index (χ1) is 10.8. The van der Waals surface area contributed by atoms with Crippen LogP contribution < -0.4 is 5.32 Å². The van der Waals surface area contributed by atoms with E-state index in [1.54, 1.807) is 6.07 Å². The second kappa shape index (κ2) is 5.66. The Labute approximate surface area is 137 Å². The average molecular weight is 314 g/mol. The van der Waals surface area contributed by atoms with Gasteiger partial charge in [-0.2, -0.15) is 0 Å². The number of hydrogen-bond acceptors (Lipinski definition) is 3. The van der Waals surface area contributed by atoms with Gasteiger partial charge in [0.2, 0.25) is 0 Å². The van der Waals surface area contributed by atoms with Crippen molar-refractivity contribution in [2.45, 2.75) is 59.4 Å². The summed E-state index contributed by atoms with van der Waals surface area (Å²) in [6.07, 6.45) is 5.78. The molecule has 1 aromatic heterocycles. The number of oxazole rings is 1. The standard InChI is InChI=1S/C19H26N2O2/c1-5-19(4)10-13(9-18(2,3)11-19)21-17(22)14-7-6-8-15-16(14)23-12-20-15/h6-8,12-13H,5,9-11H2,1-4H3,(H,21,22). The van der Waals surface area contributed by atoms with Crippen LogP contribution in [0.2, 0.25) is 0 Å². The van der Waals surface area contributed by atoms with Gasteiger partial charge in [0.25, 0.3) is 5.91 Å². The van der Waals surface area contributed by atoms with E-state index in [1.807, 2.05) is 12.1 Å². The number of fused-ring (bicyclic) bond motifs is 1. The fraction of sp³-hybridized carbons (Fsp3) is 0.579.